The third-order valence-corrected chi connectivity index (χ3v) is 7.24. The van der Waals surface area contributed by atoms with Gasteiger partial charge >= 0.3 is 8.03 Å². The first-order valence-corrected chi connectivity index (χ1v) is 13.1. The Hall–Kier alpha value is -3.38. The number of rotatable bonds is 10. The fraction of sp³-hybridized carbons (Fsp3) is 0.154. The van der Waals surface area contributed by atoms with Crippen LogP contribution in [0, 0.1) is 0 Å². The van der Waals surface area contributed by atoms with Crippen LogP contribution in [-0.2, 0) is 22.1 Å². The molecule has 0 radical (unpaired) electrons. The Bertz CT molecular complexity index is 1250. The third kappa shape index (κ3) is 6.58. The summed E-state index contributed by atoms with van der Waals surface area (Å²) < 4.78 is 17.5. The van der Waals surface area contributed by atoms with Crippen molar-refractivity contribution >= 4 is 36.6 Å². The van der Waals surface area contributed by atoms with Crippen LogP contribution >= 0.6 is 19.4 Å². The van der Waals surface area contributed by atoms with Crippen LogP contribution in [0.3, 0.4) is 0 Å². The lowest BCUT2D eigenvalue weighted by Crippen LogP contribution is -2.13. The molecule has 0 spiro atoms. The molecular formula is C26H25N3O3PS+. The zero-order chi connectivity index (χ0) is 23.8. The highest BCUT2D eigenvalue weighted by Gasteiger charge is 2.17. The average Bonchev–Trinajstić information content (AvgIpc) is 3.40. The lowest BCUT2D eigenvalue weighted by atomic mass is 10.1. The molecule has 0 bridgehead atoms. The van der Waals surface area contributed by atoms with Crippen molar-refractivity contribution in [1.29, 1.82) is 0 Å². The summed E-state index contributed by atoms with van der Waals surface area (Å²) in [4.78, 5) is 17.9. The zero-order valence-electron chi connectivity index (χ0n) is 18.5. The minimum atomic E-state index is -1.72. The molecule has 0 fully saturated rings. The normalized spacial score (nSPS) is 11.2. The average molecular weight is 491 g/mol. The lowest BCUT2D eigenvalue weighted by Gasteiger charge is -2.10. The quantitative estimate of drug-likeness (QED) is 0.195. The molecule has 0 saturated heterocycles. The Labute approximate surface area is 203 Å². The Kier molecular flexibility index (Phi) is 8.15. The van der Waals surface area contributed by atoms with Gasteiger partial charge in [-0.2, -0.15) is 0 Å². The van der Waals surface area contributed by atoms with Crippen molar-refractivity contribution in [1.82, 2.24) is 4.98 Å². The third-order valence-electron chi connectivity index (χ3n) is 5.23. The van der Waals surface area contributed by atoms with Crippen molar-refractivity contribution < 1.29 is 13.9 Å². The van der Waals surface area contributed by atoms with Gasteiger partial charge in [0.2, 0.25) is 0 Å². The van der Waals surface area contributed by atoms with Crippen molar-refractivity contribution in [2.75, 3.05) is 17.2 Å². The highest BCUT2D eigenvalue weighted by molar-refractivity contribution is 7.39. The molecule has 1 amide bonds. The number of hydrogen-bond donors (Lipinski definition) is 2. The van der Waals surface area contributed by atoms with E-state index >= 15 is 0 Å². The number of aryl methyl sites for hydroxylation is 1. The number of nitrogens with zero attached hydrogens (tertiary/aromatic N) is 1. The molecule has 0 saturated carbocycles. The number of anilines is 2. The Morgan fingerprint density at radius 1 is 1.06 bits per heavy atom. The Balaban J connectivity index is 1.27. The SMILES string of the molecule is Nc1ccc(-c2cccs2)cc1NC(=O)c1ccc(CCC[P+](=O)OCc2cccnc2)cc1. The number of aromatic nitrogens is 1. The number of hydrogen-bond acceptors (Lipinski definition) is 6. The summed E-state index contributed by atoms with van der Waals surface area (Å²) >= 11 is 1.63. The van der Waals surface area contributed by atoms with Crippen LogP contribution in [-0.4, -0.2) is 17.1 Å². The summed E-state index contributed by atoms with van der Waals surface area (Å²) in [5, 5.41) is 4.93. The molecule has 0 aliphatic carbocycles. The topological polar surface area (TPSA) is 94.3 Å². The first kappa shape index (κ1) is 23.8. The Morgan fingerprint density at radius 2 is 1.91 bits per heavy atom. The molecular weight excluding hydrogens is 465 g/mol. The first-order chi connectivity index (χ1) is 16.6. The molecule has 6 nitrogen and oxygen atoms in total. The summed E-state index contributed by atoms with van der Waals surface area (Å²) in [6, 6.07) is 20.8. The fourth-order valence-electron chi connectivity index (χ4n) is 3.38. The van der Waals surface area contributed by atoms with Crippen LogP contribution in [0.4, 0.5) is 11.4 Å². The highest BCUT2D eigenvalue weighted by atomic mass is 32.1. The molecule has 2 aromatic carbocycles. The maximum absolute atomic E-state index is 12.7. The van der Waals surface area contributed by atoms with Gasteiger partial charge in [0.1, 0.15) is 6.61 Å². The van der Waals surface area contributed by atoms with Crippen molar-refractivity contribution in [2.45, 2.75) is 19.4 Å². The van der Waals surface area contributed by atoms with E-state index in [9.17, 15) is 9.36 Å². The smallest absolute Gasteiger partial charge is 0.397 e. The molecule has 34 heavy (non-hydrogen) atoms. The van der Waals surface area contributed by atoms with Crippen LogP contribution in [0.5, 0.6) is 0 Å². The van der Waals surface area contributed by atoms with E-state index in [1.807, 2.05) is 53.9 Å². The van der Waals surface area contributed by atoms with Gasteiger partial charge in [0.05, 0.1) is 11.4 Å². The van der Waals surface area contributed by atoms with E-state index in [4.69, 9.17) is 10.3 Å². The second kappa shape index (κ2) is 11.7. The van der Waals surface area contributed by atoms with Gasteiger partial charge in [-0.1, -0.05) is 30.3 Å². The van der Waals surface area contributed by atoms with E-state index in [1.54, 1.807) is 41.9 Å². The number of nitrogens with two attached hydrogens (primary N) is 1. The largest absolute Gasteiger partial charge is 0.508 e. The molecule has 172 valence electrons. The van der Waals surface area contributed by atoms with Gasteiger partial charge in [0, 0.05) is 28.4 Å². The summed E-state index contributed by atoms with van der Waals surface area (Å²) in [5.41, 5.74) is 10.7. The Morgan fingerprint density at radius 3 is 2.65 bits per heavy atom. The molecule has 1 unspecified atom stereocenters. The summed E-state index contributed by atoms with van der Waals surface area (Å²) in [5.74, 6) is -0.214. The van der Waals surface area contributed by atoms with Crippen LogP contribution in [0.15, 0.2) is 84.5 Å². The number of amides is 1. The summed E-state index contributed by atoms with van der Waals surface area (Å²) in [6.45, 7) is 0.299. The highest BCUT2D eigenvalue weighted by Crippen LogP contribution is 2.30. The van der Waals surface area contributed by atoms with E-state index in [-0.39, 0.29) is 5.91 Å². The minimum Gasteiger partial charge on any atom is -0.397 e. The van der Waals surface area contributed by atoms with Crippen molar-refractivity contribution in [3.63, 3.8) is 0 Å². The van der Waals surface area contributed by atoms with E-state index in [0.29, 0.717) is 29.7 Å². The van der Waals surface area contributed by atoms with Crippen LogP contribution in [0.2, 0.25) is 0 Å². The molecule has 2 aromatic heterocycles. The second-order valence-corrected chi connectivity index (χ2v) is 10.0. The molecule has 3 N–H and O–H groups in total. The molecule has 8 heteroatoms. The zero-order valence-corrected chi connectivity index (χ0v) is 20.2. The minimum absolute atomic E-state index is 0.214. The first-order valence-electron chi connectivity index (χ1n) is 10.9. The molecule has 0 aliphatic rings. The number of nitrogens with one attached hydrogen (secondary N) is 1. The number of benzene rings is 2. The predicted molar refractivity (Wildman–Crippen MR) is 138 cm³/mol. The van der Waals surface area contributed by atoms with Crippen LogP contribution in [0.1, 0.15) is 27.9 Å². The number of pyridine rings is 1. The molecule has 1 atom stereocenters. The van der Waals surface area contributed by atoms with Gasteiger partial charge in [-0.3, -0.25) is 9.78 Å². The van der Waals surface area contributed by atoms with Gasteiger partial charge in [-0.15, -0.1) is 15.9 Å². The number of carbonyl (C=O) groups excluding carboxylic acids is 1. The molecule has 0 aliphatic heterocycles. The van der Waals surface area contributed by atoms with Gasteiger partial charge in [0.15, 0.2) is 6.16 Å². The molecule has 4 aromatic rings. The van der Waals surface area contributed by atoms with Crippen LogP contribution < -0.4 is 11.1 Å². The van der Waals surface area contributed by atoms with Crippen molar-refractivity contribution in [3.05, 3.63) is 101 Å². The van der Waals surface area contributed by atoms with Gasteiger partial charge in [-0.05, 0) is 70.3 Å². The number of thiophene rings is 1. The maximum atomic E-state index is 12.7. The van der Waals surface area contributed by atoms with Gasteiger partial charge < -0.3 is 11.1 Å². The van der Waals surface area contributed by atoms with E-state index in [2.05, 4.69) is 10.3 Å². The van der Waals surface area contributed by atoms with Crippen molar-refractivity contribution in [2.24, 2.45) is 0 Å². The number of carbonyl (C=O) groups is 1. The monoisotopic (exact) mass is 490 g/mol. The van der Waals surface area contributed by atoms with Crippen LogP contribution in [0.25, 0.3) is 10.4 Å². The van der Waals surface area contributed by atoms with Crippen molar-refractivity contribution in [3.8, 4) is 10.4 Å². The summed E-state index contributed by atoms with van der Waals surface area (Å²) in [6.07, 6.45) is 5.37. The fourth-order valence-corrected chi connectivity index (χ4v) is 4.95. The predicted octanol–water partition coefficient (Wildman–Crippen LogP) is 6.54. The standard InChI is InChI=1S/C26H24N3O3PS/c27-23-12-11-22(25-6-3-15-34-25)16-24(23)29-26(30)21-9-7-19(8-10-21)5-2-14-33(31)32-18-20-4-1-13-28-17-20/h1,3-4,6-13,15-17H,2,5,14,18,27H2/p+1. The maximum Gasteiger partial charge on any atom is 0.508 e. The second-order valence-electron chi connectivity index (χ2n) is 7.72. The molecule has 4 rings (SSSR count). The van der Waals surface area contributed by atoms with Gasteiger partial charge in [-0.25, -0.2) is 0 Å². The molecule has 2 heterocycles. The lowest BCUT2D eigenvalue weighted by molar-refractivity contribution is 0.102. The van der Waals surface area contributed by atoms with E-state index in [1.165, 1.54) is 0 Å². The summed E-state index contributed by atoms with van der Waals surface area (Å²) in [7, 11) is -1.72. The number of nitrogen functional groups attached to an aromatic ring is 1. The van der Waals surface area contributed by atoms with E-state index < -0.39 is 8.03 Å². The van der Waals surface area contributed by atoms with E-state index in [0.717, 1.165) is 34.4 Å². The van der Waals surface area contributed by atoms with Gasteiger partial charge in [0.25, 0.3) is 5.91 Å².